The molecule has 1 unspecified atom stereocenters. The summed E-state index contributed by atoms with van der Waals surface area (Å²) in [7, 11) is -1.75. The van der Waals surface area contributed by atoms with Gasteiger partial charge in [0.05, 0.1) is 0 Å². The largest absolute Gasteiger partial charge is 0.707 e. The zero-order chi connectivity index (χ0) is 19.3. The van der Waals surface area contributed by atoms with E-state index in [0.29, 0.717) is 11.7 Å². The van der Waals surface area contributed by atoms with Crippen molar-refractivity contribution in [3.8, 4) is 5.75 Å². The van der Waals surface area contributed by atoms with E-state index in [-0.39, 0.29) is 5.54 Å². The van der Waals surface area contributed by atoms with Crippen LogP contribution >= 0.6 is 0 Å². The fourth-order valence-electron chi connectivity index (χ4n) is 2.68. The van der Waals surface area contributed by atoms with E-state index in [9.17, 15) is 0 Å². The molecule has 1 atom stereocenters. The number of rotatable bonds is 10. The van der Waals surface area contributed by atoms with Gasteiger partial charge < -0.3 is 20.4 Å². The van der Waals surface area contributed by atoms with E-state index >= 15 is 0 Å². The minimum absolute atomic E-state index is 0.125. The molecule has 0 radical (unpaired) electrons. The van der Waals surface area contributed by atoms with Gasteiger partial charge in [-0.3, -0.25) is 0 Å². The molecule has 4 N–H and O–H groups in total. The zero-order valence-electron chi connectivity index (χ0n) is 16.8. The highest BCUT2D eigenvalue weighted by Crippen LogP contribution is 2.23. The third-order valence-electron chi connectivity index (χ3n) is 4.94. The van der Waals surface area contributed by atoms with Crippen molar-refractivity contribution in [2.45, 2.75) is 85.1 Å². The van der Waals surface area contributed by atoms with Crippen molar-refractivity contribution < 1.29 is 14.7 Å². The molecule has 0 aliphatic heterocycles. The SMILES string of the molecule is CCC(N)(CC)CC.CCCCC(C)Cc1ccccc1OB(O)O. The van der Waals surface area contributed by atoms with Crippen molar-refractivity contribution in [1.29, 1.82) is 0 Å². The molecule has 4 nitrogen and oxygen atoms in total. The van der Waals surface area contributed by atoms with E-state index in [1.54, 1.807) is 6.07 Å². The fourth-order valence-corrected chi connectivity index (χ4v) is 2.68. The summed E-state index contributed by atoms with van der Waals surface area (Å²) in [6.45, 7) is 10.8. The Hall–Kier alpha value is -1.04. The number of hydrogen-bond donors (Lipinski definition) is 3. The van der Waals surface area contributed by atoms with E-state index < -0.39 is 7.32 Å². The van der Waals surface area contributed by atoms with E-state index in [1.807, 2.05) is 18.2 Å². The zero-order valence-corrected chi connectivity index (χ0v) is 16.8. The molecule has 0 aliphatic rings. The molecule has 25 heavy (non-hydrogen) atoms. The van der Waals surface area contributed by atoms with E-state index in [1.165, 1.54) is 19.3 Å². The molecule has 0 saturated carbocycles. The number of para-hydroxylation sites is 1. The maximum atomic E-state index is 8.84. The van der Waals surface area contributed by atoms with Gasteiger partial charge in [-0.15, -0.1) is 0 Å². The lowest BCUT2D eigenvalue weighted by Crippen LogP contribution is -2.37. The van der Waals surface area contributed by atoms with Crippen LogP contribution in [-0.2, 0) is 6.42 Å². The summed E-state index contributed by atoms with van der Waals surface area (Å²) >= 11 is 0. The molecule has 144 valence electrons. The smallest absolute Gasteiger partial charge is 0.512 e. The molecule has 0 bridgehead atoms. The third-order valence-corrected chi connectivity index (χ3v) is 4.94. The maximum absolute atomic E-state index is 8.84. The lowest BCUT2D eigenvalue weighted by atomic mass is 9.92. The topological polar surface area (TPSA) is 75.7 Å². The lowest BCUT2D eigenvalue weighted by molar-refractivity contribution is 0.286. The highest BCUT2D eigenvalue weighted by Gasteiger charge is 2.16. The fraction of sp³-hybridized carbons (Fsp3) is 0.700. The van der Waals surface area contributed by atoms with E-state index in [2.05, 4.69) is 34.6 Å². The van der Waals surface area contributed by atoms with Gasteiger partial charge in [0.1, 0.15) is 5.75 Å². The third kappa shape index (κ3) is 10.5. The van der Waals surface area contributed by atoms with Gasteiger partial charge in [0.15, 0.2) is 0 Å². The van der Waals surface area contributed by atoms with Gasteiger partial charge in [0.2, 0.25) is 0 Å². The molecule has 0 aliphatic carbocycles. The first kappa shape index (κ1) is 24.0. The Bertz CT molecular complexity index is 442. The molecule has 0 spiro atoms. The predicted molar refractivity (Wildman–Crippen MR) is 107 cm³/mol. The summed E-state index contributed by atoms with van der Waals surface area (Å²) in [5, 5.41) is 17.7. The second-order valence-electron chi connectivity index (χ2n) is 6.93. The van der Waals surface area contributed by atoms with Gasteiger partial charge in [-0.1, -0.05) is 72.1 Å². The predicted octanol–water partition coefficient (Wildman–Crippen LogP) is 4.32. The molecule has 1 rings (SSSR count). The normalized spacial score (nSPS) is 12.2. The lowest BCUT2D eigenvalue weighted by Gasteiger charge is -2.23. The molecule has 0 aromatic heterocycles. The van der Waals surface area contributed by atoms with Crippen LogP contribution in [0.4, 0.5) is 0 Å². The average molecular weight is 351 g/mol. The second kappa shape index (κ2) is 13.2. The quantitative estimate of drug-likeness (QED) is 0.549. The number of nitrogens with two attached hydrogens (primary N) is 1. The van der Waals surface area contributed by atoms with Gasteiger partial charge in [-0.05, 0) is 43.2 Å². The standard InChI is InChI=1S/C13H21BO3.C7H17N/c1-3-4-7-11(2)10-12-8-5-6-9-13(12)17-14(15)16;1-4-7(8,5-2)6-3/h5-6,8-9,11,15-16H,3-4,7,10H2,1-2H3;4-6,8H2,1-3H3. The van der Waals surface area contributed by atoms with E-state index in [4.69, 9.17) is 20.4 Å². The minimum Gasteiger partial charge on any atom is -0.512 e. The van der Waals surface area contributed by atoms with Gasteiger partial charge in [0, 0.05) is 5.54 Å². The number of benzene rings is 1. The average Bonchev–Trinajstić information content (AvgIpc) is 2.61. The van der Waals surface area contributed by atoms with Crippen LogP contribution in [0.2, 0.25) is 0 Å². The van der Waals surface area contributed by atoms with Crippen LogP contribution in [0.5, 0.6) is 5.75 Å². The molecule has 0 saturated heterocycles. The molecule has 0 amide bonds. The van der Waals surface area contributed by atoms with Crippen LogP contribution in [0.3, 0.4) is 0 Å². The van der Waals surface area contributed by atoms with Crippen LogP contribution < -0.4 is 10.4 Å². The summed E-state index contributed by atoms with van der Waals surface area (Å²) < 4.78 is 4.96. The molecule has 1 aromatic carbocycles. The molecular formula is C20H38BNO3. The Morgan fingerprint density at radius 2 is 1.64 bits per heavy atom. The summed E-state index contributed by atoms with van der Waals surface area (Å²) in [5.74, 6) is 1.14. The Morgan fingerprint density at radius 1 is 1.08 bits per heavy atom. The monoisotopic (exact) mass is 351 g/mol. The van der Waals surface area contributed by atoms with Crippen molar-refractivity contribution in [3.05, 3.63) is 29.8 Å². The highest BCUT2D eigenvalue weighted by molar-refractivity contribution is 6.33. The Kier molecular flexibility index (Phi) is 12.7. The van der Waals surface area contributed by atoms with E-state index in [0.717, 1.165) is 31.2 Å². The number of unbranched alkanes of at least 4 members (excludes halogenated alkanes) is 1. The Labute approximate surface area is 155 Å². The molecule has 1 aromatic rings. The van der Waals surface area contributed by atoms with Crippen molar-refractivity contribution in [2.75, 3.05) is 0 Å². The van der Waals surface area contributed by atoms with Crippen LogP contribution in [0.25, 0.3) is 0 Å². The van der Waals surface area contributed by atoms with Crippen LogP contribution in [0.1, 0.15) is 78.7 Å². The van der Waals surface area contributed by atoms with Gasteiger partial charge in [-0.2, -0.15) is 0 Å². The first-order valence-corrected chi connectivity index (χ1v) is 9.71. The highest BCUT2D eigenvalue weighted by atomic mass is 16.6. The molecule has 0 fully saturated rings. The second-order valence-corrected chi connectivity index (χ2v) is 6.93. The van der Waals surface area contributed by atoms with Crippen molar-refractivity contribution in [2.24, 2.45) is 11.7 Å². The molecule has 0 heterocycles. The first-order chi connectivity index (χ1) is 11.8. The van der Waals surface area contributed by atoms with Gasteiger partial charge >= 0.3 is 7.32 Å². The van der Waals surface area contributed by atoms with Crippen LogP contribution in [0.15, 0.2) is 24.3 Å². The Balaban J connectivity index is 0.000000609. The maximum Gasteiger partial charge on any atom is 0.707 e. The minimum atomic E-state index is -1.75. The molecular weight excluding hydrogens is 313 g/mol. The summed E-state index contributed by atoms with van der Waals surface area (Å²) in [5.41, 5.74) is 7.05. The van der Waals surface area contributed by atoms with Gasteiger partial charge in [-0.25, -0.2) is 0 Å². The van der Waals surface area contributed by atoms with Crippen molar-refractivity contribution >= 4 is 7.32 Å². The Morgan fingerprint density at radius 3 is 2.08 bits per heavy atom. The molecule has 5 heteroatoms. The first-order valence-electron chi connectivity index (χ1n) is 9.71. The van der Waals surface area contributed by atoms with Crippen LogP contribution in [-0.4, -0.2) is 22.9 Å². The summed E-state index contributed by atoms with van der Waals surface area (Å²) in [6, 6.07) is 7.51. The summed E-state index contributed by atoms with van der Waals surface area (Å²) in [4.78, 5) is 0. The van der Waals surface area contributed by atoms with Crippen molar-refractivity contribution in [3.63, 3.8) is 0 Å². The van der Waals surface area contributed by atoms with Gasteiger partial charge in [0.25, 0.3) is 0 Å². The van der Waals surface area contributed by atoms with Crippen molar-refractivity contribution in [1.82, 2.24) is 0 Å². The van der Waals surface area contributed by atoms with Crippen LogP contribution in [0, 0.1) is 5.92 Å². The number of hydrogen-bond acceptors (Lipinski definition) is 4. The summed E-state index contributed by atoms with van der Waals surface area (Å²) in [6.07, 6.45) is 7.82.